The van der Waals surface area contributed by atoms with Crippen molar-refractivity contribution in [3.05, 3.63) is 6.33 Å². The van der Waals surface area contributed by atoms with E-state index in [9.17, 15) is 4.79 Å². The van der Waals surface area contributed by atoms with E-state index in [1.54, 1.807) is 6.92 Å². The number of ether oxygens (including phenoxy) is 1. The fourth-order valence-corrected chi connectivity index (χ4v) is 1.36. The van der Waals surface area contributed by atoms with Crippen LogP contribution in [-0.2, 0) is 4.79 Å². The van der Waals surface area contributed by atoms with Crippen molar-refractivity contribution in [1.82, 2.24) is 15.3 Å². The third kappa shape index (κ3) is 3.47. The van der Waals surface area contributed by atoms with Crippen molar-refractivity contribution in [3.63, 3.8) is 0 Å². The molecule has 1 amide bonds. The molecule has 4 N–H and O–H groups in total. The van der Waals surface area contributed by atoms with E-state index in [0.717, 1.165) is 6.42 Å². The van der Waals surface area contributed by atoms with Crippen molar-refractivity contribution in [1.29, 1.82) is 0 Å². The average Bonchev–Trinajstić information content (AvgIpc) is 2.36. The number of nitrogens with zero attached hydrogens (tertiary/aromatic N) is 2. The maximum absolute atomic E-state index is 11.7. The van der Waals surface area contributed by atoms with Crippen molar-refractivity contribution in [2.45, 2.75) is 26.3 Å². The zero-order chi connectivity index (χ0) is 13.5. The number of carbonyl (C=O) groups is 1. The van der Waals surface area contributed by atoms with E-state index >= 15 is 0 Å². The van der Waals surface area contributed by atoms with Crippen LogP contribution in [0.4, 0.5) is 11.6 Å². The van der Waals surface area contributed by atoms with Crippen LogP contribution in [0, 0.1) is 0 Å². The van der Waals surface area contributed by atoms with E-state index in [-0.39, 0.29) is 11.7 Å². The minimum Gasteiger partial charge on any atom is -0.490 e. The second-order valence-corrected chi connectivity index (χ2v) is 3.80. The van der Waals surface area contributed by atoms with E-state index < -0.39 is 6.04 Å². The fourth-order valence-electron chi connectivity index (χ4n) is 1.36. The molecule has 100 valence electrons. The predicted octanol–water partition coefficient (Wildman–Crippen LogP) is 0.394. The summed E-state index contributed by atoms with van der Waals surface area (Å²) in [6.45, 7) is 4.38. The van der Waals surface area contributed by atoms with E-state index in [4.69, 9.17) is 10.5 Å². The standard InChI is InChI=1S/C11H19N5O2/c1-4-5-13-11(17)7(2)16-10-8(18-3)9(12)14-6-15-10/h6-7H,4-5H2,1-3H3,(H,13,17)(H3,12,14,15,16). The summed E-state index contributed by atoms with van der Waals surface area (Å²) in [4.78, 5) is 19.5. The van der Waals surface area contributed by atoms with Gasteiger partial charge in [0, 0.05) is 6.54 Å². The lowest BCUT2D eigenvalue weighted by Crippen LogP contribution is -2.38. The molecule has 0 radical (unpaired) electrons. The summed E-state index contributed by atoms with van der Waals surface area (Å²) in [5, 5.41) is 5.73. The third-order valence-electron chi connectivity index (χ3n) is 2.33. The second kappa shape index (κ2) is 6.63. The van der Waals surface area contributed by atoms with Crippen LogP contribution in [-0.4, -0.2) is 35.6 Å². The molecule has 1 rings (SSSR count). The zero-order valence-corrected chi connectivity index (χ0v) is 10.9. The Balaban J connectivity index is 2.72. The first-order valence-corrected chi connectivity index (χ1v) is 5.78. The van der Waals surface area contributed by atoms with Crippen LogP contribution in [0.2, 0.25) is 0 Å². The fraction of sp³-hybridized carbons (Fsp3) is 0.545. The Kier molecular flexibility index (Phi) is 5.16. The highest BCUT2D eigenvalue weighted by atomic mass is 16.5. The van der Waals surface area contributed by atoms with Gasteiger partial charge < -0.3 is 21.1 Å². The monoisotopic (exact) mass is 253 g/mol. The zero-order valence-electron chi connectivity index (χ0n) is 10.9. The summed E-state index contributed by atoms with van der Waals surface area (Å²) < 4.78 is 5.09. The number of hydrogen-bond donors (Lipinski definition) is 3. The summed E-state index contributed by atoms with van der Waals surface area (Å²) in [6.07, 6.45) is 2.21. The van der Waals surface area contributed by atoms with Crippen LogP contribution >= 0.6 is 0 Å². The Morgan fingerprint density at radius 3 is 2.89 bits per heavy atom. The van der Waals surface area contributed by atoms with Gasteiger partial charge in [-0.05, 0) is 13.3 Å². The Morgan fingerprint density at radius 1 is 1.56 bits per heavy atom. The normalized spacial score (nSPS) is 11.7. The number of nitrogen functional groups attached to an aromatic ring is 1. The number of aromatic nitrogens is 2. The summed E-state index contributed by atoms with van der Waals surface area (Å²) >= 11 is 0. The van der Waals surface area contributed by atoms with Gasteiger partial charge in [0.1, 0.15) is 12.4 Å². The van der Waals surface area contributed by atoms with E-state index in [0.29, 0.717) is 18.1 Å². The third-order valence-corrected chi connectivity index (χ3v) is 2.33. The molecule has 7 heteroatoms. The summed E-state index contributed by atoms with van der Waals surface area (Å²) in [7, 11) is 1.47. The Hall–Kier alpha value is -2.05. The molecule has 0 bridgehead atoms. The highest BCUT2D eigenvalue weighted by Crippen LogP contribution is 2.26. The first kappa shape index (κ1) is 14.0. The Bertz CT molecular complexity index is 410. The lowest BCUT2D eigenvalue weighted by molar-refractivity contribution is -0.121. The first-order valence-electron chi connectivity index (χ1n) is 5.78. The van der Waals surface area contributed by atoms with Gasteiger partial charge in [-0.15, -0.1) is 0 Å². The van der Waals surface area contributed by atoms with Crippen LogP contribution in [0.1, 0.15) is 20.3 Å². The number of anilines is 2. The van der Waals surface area contributed by atoms with E-state index in [1.165, 1.54) is 13.4 Å². The summed E-state index contributed by atoms with van der Waals surface area (Å²) in [5.74, 6) is 0.879. The number of nitrogens with one attached hydrogen (secondary N) is 2. The van der Waals surface area contributed by atoms with Crippen molar-refractivity contribution in [3.8, 4) is 5.75 Å². The van der Waals surface area contributed by atoms with E-state index in [2.05, 4.69) is 20.6 Å². The van der Waals surface area contributed by atoms with Gasteiger partial charge in [0.2, 0.25) is 11.7 Å². The van der Waals surface area contributed by atoms with Gasteiger partial charge in [-0.3, -0.25) is 4.79 Å². The van der Waals surface area contributed by atoms with Gasteiger partial charge in [-0.1, -0.05) is 6.92 Å². The first-order chi connectivity index (χ1) is 8.60. The topological polar surface area (TPSA) is 102 Å². The number of hydrogen-bond acceptors (Lipinski definition) is 6. The number of carbonyl (C=O) groups excluding carboxylic acids is 1. The Morgan fingerprint density at radius 2 is 2.28 bits per heavy atom. The molecule has 0 aromatic carbocycles. The van der Waals surface area contributed by atoms with Crippen molar-refractivity contribution in [2.24, 2.45) is 0 Å². The van der Waals surface area contributed by atoms with Crippen molar-refractivity contribution < 1.29 is 9.53 Å². The molecule has 0 aliphatic carbocycles. The lowest BCUT2D eigenvalue weighted by atomic mass is 10.3. The smallest absolute Gasteiger partial charge is 0.242 e. The molecule has 0 aliphatic heterocycles. The van der Waals surface area contributed by atoms with Crippen LogP contribution in [0.5, 0.6) is 5.75 Å². The molecule has 1 heterocycles. The number of amides is 1. The molecule has 0 fully saturated rings. The van der Waals surface area contributed by atoms with Gasteiger partial charge in [-0.25, -0.2) is 9.97 Å². The molecule has 1 atom stereocenters. The molecule has 7 nitrogen and oxygen atoms in total. The van der Waals surface area contributed by atoms with E-state index in [1.807, 2.05) is 6.92 Å². The lowest BCUT2D eigenvalue weighted by Gasteiger charge is -2.16. The molecule has 0 saturated heterocycles. The highest BCUT2D eigenvalue weighted by molar-refractivity contribution is 5.84. The van der Waals surface area contributed by atoms with Crippen LogP contribution in [0.25, 0.3) is 0 Å². The SMILES string of the molecule is CCCNC(=O)C(C)Nc1ncnc(N)c1OC. The molecule has 0 aliphatic rings. The minimum atomic E-state index is -0.431. The van der Waals surface area contributed by atoms with Gasteiger partial charge in [0.25, 0.3) is 0 Å². The van der Waals surface area contributed by atoms with Crippen molar-refractivity contribution >= 4 is 17.5 Å². The average molecular weight is 253 g/mol. The minimum absolute atomic E-state index is 0.101. The van der Waals surface area contributed by atoms with Gasteiger partial charge in [0.05, 0.1) is 7.11 Å². The summed E-state index contributed by atoms with van der Waals surface area (Å²) in [6, 6.07) is -0.431. The molecule has 0 spiro atoms. The second-order valence-electron chi connectivity index (χ2n) is 3.80. The molecule has 18 heavy (non-hydrogen) atoms. The molecule has 1 aromatic rings. The number of methoxy groups -OCH3 is 1. The maximum atomic E-state index is 11.7. The largest absolute Gasteiger partial charge is 0.490 e. The van der Waals surface area contributed by atoms with Gasteiger partial charge in [0.15, 0.2) is 11.6 Å². The van der Waals surface area contributed by atoms with Crippen LogP contribution in [0.3, 0.4) is 0 Å². The molecular formula is C11H19N5O2. The molecular weight excluding hydrogens is 234 g/mol. The molecule has 1 unspecified atom stereocenters. The maximum Gasteiger partial charge on any atom is 0.242 e. The van der Waals surface area contributed by atoms with Crippen LogP contribution in [0.15, 0.2) is 6.33 Å². The van der Waals surface area contributed by atoms with Gasteiger partial charge >= 0.3 is 0 Å². The number of rotatable bonds is 6. The molecule has 0 saturated carbocycles. The van der Waals surface area contributed by atoms with Crippen molar-refractivity contribution in [2.75, 3.05) is 24.7 Å². The van der Waals surface area contributed by atoms with Gasteiger partial charge in [-0.2, -0.15) is 0 Å². The quantitative estimate of drug-likeness (QED) is 0.678. The highest BCUT2D eigenvalue weighted by Gasteiger charge is 2.16. The number of nitrogens with two attached hydrogens (primary N) is 1. The molecule has 1 aromatic heterocycles. The summed E-state index contributed by atoms with van der Waals surface area (Å²) in [5.41, 5.74) is 5.65. The predicted molar refractivity (Wildman–Crippen MR) is 69.4 cm³/mol. The Labute approximate surface area is 106 Å². The van der Waals surface area contributed by atoms with Crippen LogP contribution < -0.4 is 21.1 Å².